The maximum absolute atomic E-state index is 13.2. The van der Waals surface area contributed by atoms with Crippen molar-refractivity contribution in [3.8, 4) is 11.3 Å². The van der Waals surface area contributed by atoms with Gasteiger partial charge in [0.2, 0.25) is 0 Å². The Labute approximate surface area is 152 Å². The summed E-state index contributed by atoms with van der Waals surface area (Å²) in [6, 6.07) is 12.1. The Bertz CT molecular complexity index is 887. The zero-order valence-electron chi connectivity index (χ0n) is 14.8. The summed E-state index contributed by atoms with van der Waals surface area (Å²) >= 11 is 0. The first-order valence-electron chi connectivity index (χ1n) is 8.94. The van der Waals surface area contributed by atoms with Gasteiger partial charge >= 0.3 is 0 Å². The summed E-state index contributed by atoms with van der Waals surface area (Å²) < 4.78 is 5.42. The number of carbonyl (C=O) groups excluding carboxylic acids is 1. The first-order chi connectivity index (χ1) is 12.7. The van der Waals surface area contributed by atoms with Gasteiger partial charge in [-0.25, -0.2) is 0 Å². The van der Waals surface area contributed by atoms with Gasteiger partial charge in [0, 0.05) is 30.5 Å². The lowest BCUT2D eigenvalue weighted by atomic mass is 10.0. The van der Waals surface area contributed by atoms with Crippen LogP contribution in [0.15, 0.2) is 59.5 Å². The van der Waals surface area contributed by atoms with Crippen molar-refractivity contribution in [3.05, 3.63) is 71.7 Å². The SMILES string of the molecule is Cc1ccc(-c2oncc2C(=O)N2CCCC2Cc2cccnc2)cc1. The number of hydrogen-bond donors (Lipinski definition) is 0. The highest BCUT2D eigenvalue weighted by molar-refractivity contribution is 5.99. The van der Waals surface area contributed by atoms with Gasteiger partial charge in [0.25, 0.3) is 5.91 Å². The molecule has 1 aliphatic heterocycles. The van der Waals surface area contributed by atoms with Gasteiger partial charge in [0.1, 0.15) is 5.56 Å². The number of nitrogens with zero attached hydrogens (tertiary/aromatic N) is 3. The van der Waals surface area contributed by atoms with E-state index in [2.05, 4.69) is 16.2 Å². The van der Waals surface area contributed by atoms with E-state index in [0.717, 1.165) is 42.5 Å². The van der Waals surface area contributed by atoms with E-state index >= 15 is 0 Å². The van der Waals surface area contributed by atoms with Crippen LogP contribution in [0.2, 0.25) is 0 Å². The number of pyridine rings is 1. The lowest BCUT2D eigenvalue weighted by molar-refractivity contribution is 0.0736. The van der Waals surface area contributed by atoms with Crippen molar-refractivity contribution in [2.45, 2.75) is 32.2 Å². The summed E-state index contributed by atoms with van der Waals surface area (Å²) in [7, 11) is 0. The Morgan fingerprint density at radius 2 is 2.08 bits per heavy atom. The van der Waals surface area contributed by atoms with Crippen molar-refractivity contribution in [2.24, 2.45) is 0 Å². The van der Waals surface area contributed by atoms with Gasteiger partial charge < -0.3 is 9.42 Å². The Balaban J connectivity index is 1.57. The van der Waals surface area contributed by atoms with E-state index < -0.39 is 0 Å². The molecule has 0 saturated carbocycles. The predicted octanol–water partition coefficient (Wildman–Crippen LogP) is 3.89. The highest BCUT2D eigenvalue weighted by Crippen LogP contribution is 2.29. The summed E-state index contributed by atoms with van der Waals surface area (Å²) in [5, 5.41) is 3.89. The van der Waals surface area contributed by atoms with Crippen LogP contribution in [0.25, 0.3) is 11.3 Å². The average molecular weight is 347 g/mol. The molecule has 0 N–H and O–H groups in total. The fraction of sp³-hybridized carbons (Fsp3) is 0.286. The molecule has 1 atom stereocenters. The normalized spacial score (nSPS) is 16.8. The molecule has 2 aromatic heterocycles. The first kappa shape index (κ1) is 16.5. The number of amides is 1. The lowest BCUT2D eigenvalue weighted by Gasteiger charge is -2.24. The van der Waals surface area contributed by atoms with Crippen molar-refractivity contribution >= 4 is 5.91 Å². The smallest absolute Gasteiger partial charge is 0.259 e. The molecule has 1 saturated heterocycles. The molecule has 5 heteroatoms. The molecule has 3 heterocycles. The molecule has 5 nitrogen and oxygen atoms in total. The van der Waals surface area contributed by atoms with Crippen LogP contribution in [0.1, 0.15) is 34.3 Å². The number of hydrogen-bond acceptors (Lipinski definition) is 4. The molecule has 3 aromatic rings. The summed E-state index contributed by atoms with van der Waals surface area (Å²) in [6.45, 7) is 2.80. The monoisotopic (exact) mass is 347 g/mol. The largest absolute Gasteiger partial charge is 0.355 e. The molecule has 0 aliphatic carbocycles. The van der Waals surface area contributed by atoms with Crippen LogP contribution in [-0.4, -0.2) is 33.5 Å². The first-order valence-corrected chi connectivity index (χ1v) is 8.94. The van der Waals surface area contributed by atoms with E-state index in [1.54, 1.807) is 6.20 Å². The van der Waals surface area contributed by atoms with Crippen molar-refractivity contribution in [3.63, 3.8) is 0 Å². The number of rotatable bonds is 4. The van der Waals surface area contributed by atoms with Gasteiger partial charge in [-0.3, -0.25) is 9.78 Å². The van der Waals surface area contributed by atoms with Crippen LogP contribution in [-0.2, 0) is 6.42 Å². The molecule has 26 heavy (non-hydrogen) atoms. The van der Waals surface area contributed by atoms with Crippen molar-refractivity contribution in [1.82, 2.24) is 15.0 Å². The van der Waals surface area contributed by atoms with Gasteiger partial charge in [-0.15, -0.1) is 0 Å². The number of aromatic nitrogens is 2. The van der Waals surface area contributed by atoms with E-state index in [9.17, 15) is 4.79 Å². The number of carbonyl (C=O) groups is 1. The van der Waals surface area contributed by atoms with Gasteiger partial charge in [-0.1, -0.05) is 41.1 Å². The highest BCUT2D eigenvalue weighted by atomic mass is 16.5. The highest BCUT2D eigenvalue weighted by Gasteiger charge is 2.32. The minimum atomic E-state index is -0.00628. The Morgan fingerprint density at radius 1 is 1.23 bits per heavy atom. The fourth-order valence-corrected chi connectivity index (χ4v) is 3.57. The molecule has 1 aliphatic rings. The zero-order chi connectivity index (χ0) is 17.9. The minimum absolute atomic E-state index is 0.00628. The molecule has 0 spiro atoms. The van der Waals surface area contributed by atoms with Gasteiger partial charge in [0.15, 0.2) is 5.76 Å². The predicted molar refractivity (Wildman–Crippen MR) is 98.7 cm³/mol. The molecular weight excluding hydrogens is 326 g/mol. The Hall–Kier alpha value is -2.95. The maximum atomic E-state index is 13.2. The van der Waals surface area contributed by atoms with Gasteiger partial charge in [0.05, 0.1) is 6.20 Å². The van der Waals surface area contributed by atoms with Crippen LogP contribution in [0.4, 0.5) is 0 Å². The molecule has 1 aromatic carbocycles. The van der Waals surface area contributed by atoms with E-state index in [1.807, 2.05) is 48.4 Å². The number of benzene rings is 1. The summed E-state index contributed by atoms with van der Waals surface area (Å²) in [4.78, 5) is 19.3. The zero-order valence-corrected chi connectivity index (χ0v) is 14.8. The molecule has 4 rings (SSSR count). The van der Waals surface area contributed by atoms with E-state index in [4.69, 9.17) is 4.52 Å². The Morgan fingerprint density at radius 3 is 2.85 bits per heavy atom. The molecule has 1 amide bonds. The van der Waals surface area contributed by atoms with E-state index in [-0.39, 0.29) is 11.9 Å². The van der Waals surface area contributed by atoms with Gasteiger partial charge in [-0.2, -0.15) is 0 Å². The van der Waals surface area contributed by atoms with Crippen LogP contribution >= 0.6 is 0 Å². The second-order valence-corrected chi connectivity index (χ2v) is 6.79. The molecule has 0 bridgehead atoms. The lowest BCUT2D eigenvalue weighted by Crippen LogP contribution is -2.36. The average Bonchev–Trinajstić information content (AvgIpc) is 3.32. The van der Waals surface area contributed by atoms with Crippen LogP contribution in [0, 0.1) is 6.92 Å². The van der Waals surface area contributed by atoms with Gasteiger partial charge in [-0.05, 0) is 37.8 Å². The van der Waals surface area contributed by atoms with Crippen LogP contribution < -0.4 is 0 Å². The third-order valence-corrected chi connectivity index (χ3v) is 4.95. The summed E-state index contributed by atoms with van der Waals surface area (Å²) in [6.07, 6.45) is 8.03. The van der Waals surface area contributed by atoms with Crippen molar-refractivity contribution in [1.29, 1.82) is 0 Å². The number of aryl methyl sites for hydroxylation is 1. The quantitative estimate of drug-likeness (QED) is 0.718. The molecule has 1 unspecified atom stereocenters. The fourth-order valence-electron chi connectivity index (χ4n) is 3.57. The third-order valence-electron chi connectivity index (χ3n) is 4.95. The van der Waals surface area contributed by atoms with Crippen molar-refractivity contribution < 1.29 is 9.32 Å². The van der Waals surface area contributed by atoms with E-state index in [0.29, 0.717) is 11.3 Å². The minimum Gasteiger partial charge on any atom is -0.355 e. The molecular formula is C21H21N3O2. The van der Waals surface area contributed by atoms with Crippen LogP contribution in [0.5, 0.6) is 0 Å². The molecule has 1 fully saturated rings. The summed E-state index contributed by atoms with van der Waals surface area (Å²) in [5.74, 6) is 0.537. The van der Waals surface area contributed by atoms with E-state index in [1.165, 1.54) is 6.20 Å². The second kappa shape index (κ2) is 7.12. The third kappa shape index (κ3) is 3.25. The maximum Gasteiger partial charge on any atom is 0.259 e. The van der Waals surface area contributed by atoms with Crippen molar-refractivity contribution in [2.75, 3.05) is 6.54 Å². The Kier molecular flexibility index (Phi) is 4.52. The summed E-state index contributed by atoms with van der Waals surface area (Å²) in [5.41, 5.74) is 3.73. The second-order valence-electron chi connectivity index (χ2n) is 6.79. The topological polar surface area (TPSA) is 59.2 Å². The molecule has 132 valence electrons. The standard InChI is InChI=1S/C21H21N3O2/c1-15-6-8-17(9-7-15)20-19(14-23-26-20)21(25)24-11-3-5-18(24)12-16-4-2-10-22-13-16/h2,4,6-10,13-14,18H,3,5,11-12H2,1H3. The molecule has 0 radical (unpaired) electrons. The van der Waals surface area contributed by atoms with Crippen LogP contribution in [0.3, 0.4) is 0 Å². The number of likely N-dealkylation sites (tertiary alicyclic amines) is 1.